The maximum absolute atomic E-state index is 12.6. The lowest BCUT2D eigenvalue weighted by Gasteiger charge is -2.33. The van der Waals surface area contributed by atoms with E-state index in [1.165, 1.54) is 30.6 Å². The quantitative estimate of drug-likeness (QED) is 0.659. The van der Waals surface area contributed by atoms with E-state index in [9.17, 15) is 4.79 Å². The first-order valence-corrected chi connectivity index (χ1v) is 10.3. The molecule has 0 spiro atoms. The van der Waals surface area contributed by atoms with Crippen molar-refractivity contribution in [2.75, 3.05) is 19.6 Å². The fourth-order valence-electron chi connectivity index (χ4n) is 3.68. The Labute approximate surface area is 162 Å². The number of nitrogens with one attached hydrogen (secondary N) is 1. The number of rotatable bonds is 4. The summed E-state index contributed by atoms with van der Waals surface area (Å²) in [5.74, 6) is -0.0315. The van der Waals surface area contributed by atoms with Crippen LogP contribution in [0.15, 0.2) is 30.3 Å². The zero-order valence-electron chi connectivity index (χ0n) is 14.8. The molecule has 1 saturated heterocycles. The van der Waals surface area contributed by atoms with Crippen molar-refractivity contribution in [2.45, 2.75) is 32.2 Å². The minimum atomic E-state index is -0.0315. The van der Waals surface area contributed by atoms with Crippen LogP contribution in [0.1, 0.15) is 35.9 Å². The Hall–Kier alpha value is -1.69. The molecule has 3 heterocycles. The van der Waals surface area contributed by atoms with Gasteiger partial charge < -0.3 is 5.32 Å². The average Bonchev–Trinajstić information content (AvgIpc) is 3.10. The standard InChI is InChI=1S/C20H22ClN3OS/c1-13-6-4-5-10-24(13)11-9-22-20(25)17-12-15-18(26-17)14-7-2-3-8-16(14)23-19(15)21/h2-3,7-8,12-13H,4-6,9-11H2,1H3,(H,22,25)/t13-/m0/s1. The van der Waals surface area contributed by atoms with Gasteiger partial charge in [-0.1, -0.05) is 36.2 Å². The molecule has 1 fully saturated rings. The number of pyridine rings is 1. The lowest BCUT2D eigenvalue weighted by Crippen LogP contribution is -2.42. The molecule has 1 aliphatic heterocycles. The molecular weight excluding hydrogens is 366 g/mol. The number of amides is 1. The highest BCUT2D eigenvalue weighted by atomic mass is 35.5. The van der Waals surface area contributed by atoms with Gasteiger partial charge in [-0.3, -0.25) is 9.69 Å². The van der Waals surface area contributed by atoms with Gasteiger partial charge in [0.2, 0.25) is 0 Å². The summed E-state index contributed by atoms with van der Waals surface area (Å²) in [4.78, 5) is 20.2. The number of likely N-dealkylation sites (tertiary alicyclic amines) is 1. The number of benzene rings is 1. The number of nitrogens with zero attached hydrogens (tertiary/aromatic N) is 2. The third-order valence-corrected chi connectivity index (χ3v) is 6.63. The van der Waals surface area contributed by atoms with Crippen LogP contribution in [0, 0.1) is 0 Å². The van der Waals surface area contributed by atoms with E-state index in [4.69, 9.17) is 11.6 Å². The molecule has 1 N–H and O–H groups in total. The first-order valence-electron chi connectivity index (χ1n) is 9.13. The van der Waals surface area contributed by atoms with E-state index in [1.54, 1.807) is 0 Å². The maximum Gasteiger partial charge on any atom is 0.261 e. The lowest BCUT2D eigenvalue weighted by atomic mass is 10.0. The lowest BCUT2D eigenvalue weighted by molar-refractivity contribution is 0.0942. The molecule has 0 unspecified atom stereocenters. The fourth-order valence-corrected chi connectivity index (χ4v) is 5.08. The van der Waals surface area contributed by atoms with Crippen molar-refractivity contribution in [3.8, 4) is 0 Å². The maximum atomic E-state index is 12.6. The summed E-state index contributed by atoms with van der Waals surface area (Å²) < 4.78 is 1.02. The van der Waals surface area contributed by atoms with Crippen molar-refractivity contribution < 1.29 is 4.79 Å². The van der Waals surface area contributed by atoms with Gasteiger partial charge in [0.15, 0.2) is 0 Å². The van der Waals surface area contributed by atoms with Gasteiger partial charge in [0.25, 0.3) is 5.91 Å². The summed E-state index contributed by atoms with van der Waals surface area (Å²) in [7, 11) is 0. The number of thiophene rings is 1. The van der Waals surface area contributed by atoms with Crippen LogP contribution in [0.2, 0.25) is 5.15 Å². The molecule has 1 amide bonds. The van der Waals surface area contributed by atoms with Crippen LogP contribution < -0.4 is 5.32 Å². The second-order valence-corrected chi connectivity index (χ2v) is 8.32. The molecule has 1 aromatic carbocycles. The molecule has 0 aliphatic carbocycles. The van der Waals surface area contributed by atoms with Crippen LogP contribution in [0.5, 0.6) is 0 Å². The Morgan fingerprint density at radius 3 is 3.04 bits per heavy atom. The molecule has 136 valence electrons. The Bertz CT molecular complexity index is 955. The second-order valence-electron chi connectivity index (χ2n) is 6.91. The molecular formula is C20H22ClN3OS. The molecule has 0 radical (unpaired) electrons. The number of fused-ring (bicyclic) bond motifs is 3. The molecule has 0 bridgehead atoms. The van der Waals surface area contributed by atoms with E-state index < -0.39 is 0 Å². The van der Waals surface area contributed by atoms with Gasteiger partial charge >= 0.3 is 0 Å². The average molecular weight is 388 g/mol. The van der Waals surface area contributed by atoms with E-state index in [2.05, 4.69) is 22.1 Å². The molecule has 3 aromatic rings. The third-order valence-electron chi connectivity index (χ3n) is 5.17. The smallest absolute Gasteiger partial charge is 0.261 e. The van der Waals surface area contributed by atoms with Crippen molar-refractivity contribution in [1.82, 2.24) is 15.2 Å². The number of hydrogen-bond donors (Lipinski definition) is 1. The van der Waals surface area contributed by atoms with Gasteiger partial charge in [-0.2, -0.15) is 0 Å². The van der Waals surface area contributed by atoms with Crippen LogP contribution >= 0.6 is 22.9 Å². The Morgan fingerprint density at radius 1 is 1.35 bits per heavy atom. The molecule has 4 rings (SSSR count). The van der Waals surface area contributed by atoms with Crippen LogP contribution in [0.25, 0.3) is 21.0 Å². The number of hydrogen-bond acceptors (Lipinski definition) is 4. The summed E-state index contributed by atoms with van der Waals surface area (Å²) in [6.07, 6.45) is 3.82. The van der Waals surface area contributed by atoms with Crippen molar-refractivity contribution in [1.29, 1.82) is 0 Å². The Balaban J connectivity index is 1.50. The molecule has 1 aliphatic rings. The summed E-state index contributed by atoms with van der Waals surface area (Å²) in [5.41, 5.74) is 0.859. The van der Waals surface area contributed by atoms with Crippen LogP contribution in [-0.2, 0) is 0 Å². The van der Waals surface area contributed by atoms with Crippen molar-refractivity contribution >= 4 is 49.8 Å². The van der Waals surface area contributed by atoms with E-state index in [1.807, 2.05) is 30.3 Å². The summed E-state index contributed by atoms with van der Waals surface area (Å²) in [6.45, 7) is 4.98. The highest BCUT2D eigenvalue weighted by Crippen LogP contribution is 2.35. The fraction of sp³-hybridized carbons (Fsp3) is 0.400. The van der Waals surface area contributed by atoms with E-state index in [0.717, 1.165) is 34.1 Å². The molecule has 6 heteroatoms. The Morgan fingerprint density at radius 2 is 2.19 bits per heavy atom. The highest BCUT2D eigenvalue weighted by molar-refractivity contribution is 7.21. The van der Waals surface area contributed by atoms with Crippen molar-refractivity contribution in [2.24, 2.45) is 0 Å². The molecule has 4 nitrogen and oxygen atoms in total. The van der Waals surface area contributed by atoms with E-state index in [0.29, 0.717) is 22.6 Å². The molecule has 2 aromatic heterocycles. The first-order chi connectivity index (χ1) is 12.6. The molecule has 0 saturated carbocycles. The van der Waals surface area contributed by atoms with Crippen molar-refractivity contribution in [3.05, 3.63) is 40.4 Å². The van der Waals surface area contributed by atoms with Crippen LogP contribution in [-0.4, -0.2) is 41.5 Å². The van der Waals surface area contributed by atoms with Crippen LogP contribution in [0.3, 0.4) is 0 Å². The zero-order valence-corrected chi connectivity index (χ0v) is 16.4. The Kier molecular flexibility index (Phi) is 5.11. The minimum absolute atomic E-state index is 0.0315. The number of piperidine rings is 1. The van der Waals surface area contributed by atoms with Crippen molar-refractivity contribution in [3.63, 3.8) is 0 Å². The number of aromatic nitrogens is 1. The van der Waals surface area contributed by atoms with Gasteiger partial charge in [-0.05, 0) is 38.4 Å². The van der Waals surface area contributed by atoms with E-state index in [-0.39, 0.29) is 5.91 Å². The number of carbonyl (C=O) groups is 1. The van der Waals surface area contributed by atoms with E-state index >= 15 is 0 Å². The van der Waals surface area contributed by atoms with Gasteiger partial charge in [0.1, 0.15) is 5.15 Å². The number of carbonyl (C=O) groups excluding carboxylic acids is 1. The predicted octanol–water partition coefficient (Wildman–Crippen LogP) is 4.71. The van der Waals surface area contributed by atoms with Gasteiger partial charge in [0.05, 0.1) is 10.4 Å². The van der Waals surface area contributed by atoms with Gasteiger partial charge in [-0.25, -0.2) is 4.98 Å². The minimum Gasteiger partial charge on any atom is -0.350 e. The zero-order chi connectivity index (χ0) is 18.1. The largest absolute Gasteiger partial charge is 0.350 e. The predicted molar refractivity (Wildman–Crippen MR) is 109 cm³/mol. The first kappa shape index (κ1) is 17.7. The number of halogens is 1. The number of para-hydroxylation sites is 1. The third kappa shape index (κ3) is 3.43. The SMILES string of the molecule is C[C@H]1CCCCN1CCNC(=O)c1cc2c(Cl)nc3ccccc3c2s1. The second kappa shape index (κ2) is 7.51. The van der Waals surface area contributed by atoms with Gasteiger partial charge in [-0.15, -0.1) is 11.3 Å². The summed E-state index contributed by atoms with van der Waals surface area (Å²) in [6, 6.07) is 10.4. The summed E-state index contributed by atoms with van der Waals surface area (Å²) in [5, 5.41) is 5.41. The highest BCUT2D eigenvalue weighted by Gasteiger charge is 2.19. The normalized spacial score (nSPS) is 18.5. The molecule has 26 heavy (non-hydrogen) atoms. The monoisotopic (exact) mass is 387 g/mol. The summed E-state index contributed by atoms with van der Waals surface area (Å²) >= 11 is 7.82. The van der Waals surface area contributed by atoms with Gasteiger partial charge in [0, 0.05) is 34.6 Å². The van der Waals surface area contributed by atoms with Crippen LogP contribution in [0.4, 0.5) is 0 Å². The molecule has 1 atom stereocenters. The topological polar surface area (TPSA) is 45.2 Å².